The first-order valence-corrected chi connectivity index (χ1v) is 11.6. The zero-order valence-electron chi connectivity index (χ0n) is 18.3. The lowest BCUT2D eigenvalue weighted by Crippen LogP contribution is -2.27. The average molecular weight is 482 g/mol. The van der Waals surface area contributed by atoms with Gasteiger partial charge in [-0.2, -0.15) is 0 Å². The smallest absolute Gasteiger partial charge is 0.438 e. The van der Waals surface area contributed by atoms with E-state index < -0.39 is 23.7 Å². The van der Waals surface area contributed by atoms with Crippen molar-refractivity contribution in [2.24, 2.45) is 0 Å². The van der Waals surface area contributed by atoms with Crippen molar-refractivity contribution in [1.82, 2.24) is 0 Å². The highest BCUT2D eigenvalue weighted by atomic mass is 32.2. The molecule has 0 saturated heterocycles. The van der Waals surface area contributed by atoms with Gasteiger partial charge in [0.15, 0.2) is 15.2 Å². The van der Waals surface area contributed by atoms with Gasteiger partial charge in [0.2, 0.25) is 0 Å². The number of carbonyl (C=O) groups excluding carboxylic acids is 1. The van der Waals surface area contributed by atoms with Crippen molar-refractivity contribution in [3.05, 3.63) is 94.9 Å². The van der Waals surface area contributed by atoms with Gasteiger partial charge < -0.3 is 9.47 Å². The van der Waals surface area contributed by atoms with E-state index in [0.29, 0.717) is 11.1 Å². The normalized spacial score (nSPS) is 13.7. The molecule has 0 aliphatic rings. The summed E-state index contributed by atoms with van der Waals surface area (Å²) in [6.07, 6.45) is 0.826. The fourth-order valence-corrected chi connectivity index (χ4v) is 5.73. The number of benzene rings is 3. The van der Waals surface area contributed by atoms with Gasteiger partial charge in [0.1, 0.15) is 11.1 Å². The van der Waals surface area contributed by atoms with E-state index in [1.54, 1.807) is 12.1 Å². The van der Waals surface area contributed by atoms with Crippen LogP contribution < -0.4 is 4.74 Å². The molecule has 3 aromatic carbocycles. The Kier molecular flexibility index (Phi) is 6.11. The molecule has 34 heavy (non-hydrogen) atoms. The first kappa shape index (κ1) is 23.4. The lowest BCUT2D eigenvalue weighted by Gasteiger charge is -2.24. The van der Waals surface area contributed by atoms with E-state index in [0.717, 1.165) is 17.0 Å². The third-order valence-corrected chi connectivity index (χ3v) is 7.60. The van der Waals surface area contributed by atoms with Crippen molar-refractivity contribution in [2.45, 2.75) is 25.8 Å². The number of hydrogen-bond donors (Lipinski definition) is 0. The van der Waals surface area contributed by atoms with Crippen LogP contribution in [0.15, 0.2) is 78.2 Å². The number of ether oxygens (including phenoxy) is 2. The fraction of sp³-hybridized carbons (Fsp3) is 0.148. The minimum Gasteiger partial charge on any atom is -0.438 e. The minimum atomic E-state index is -4.80. The standard InChI is InChI=1S/C27H20F3O3S/c1-4-26(3,20-11-13-21(14-12-20)32-27(28,29)30)33-25(31)19-9-15-22(16-10-19)34-17-18(2)23-7-5-6-8-24(23)34/h1,5-17H,2-3H3/q+1. The zero-order chi connectivity index (χ0) is 24.5. The molecule has 1 heterocycles. The summed E-state index contributed by atoms with van der Waals surface area (Å²) in [5, 5.41) is 3.45. The van der Waals surface area contributed by atoms with Crippen molar-refractivity contribution in [2.75, 3.05) is 0 Å². The number of halogens is 3. The van der Waals surface area contributed by atoms with Crippen LogP contribution >= 0.6 is 10.5 Å². The summed E-state index contributed by atoms with van der Waals surface area (Å²) in [5.74, 6) is 1.40. The molecule has 0 amide bonds. The highest BCUT2D eigenvalue weighted by Gasteiger charge is 2.33. The Morgan fingerprint density at radius 3 is 2.24 bits per heavy atom. The molecule has 0 radical (unpaired) electrons. The molecule has 0 saturated carbocycles. The van der Waals surface area contributed by atoms with Gasteiger partial charge in [-0.25, -0.2) is 4.79 Å². The average Bonchev–Trinajstić information content (AvgIpc) is 3.15. The monoisotopic (exact) mass is 481 g/mol. The summed E-state index contributed by atoms with van der Waals surface area (Å²) in [4.78, 5) is 13.9. The Morgan fingerprint density at radius 1 is 0.971 bits per heavy atom. The van der Waals surface area contributed by atoms with Gasteiger partial charge in [-0.1, -0.05) is 30.2 Å². The van der Waals surface area contributed by atoms with Gasteiger partial charge in [0.25, 0.3) is 0 Å². The van der Waals surface area contributed by atoms with Crippen molar-refractivity contribution >= 4 is 26.5 Å². The highest BCUT2D eigenvalue weighted by Crippen LogP contribution is 2.42. The Hall–Kier alpha value is -3.76. The quantitative estimate of drug-likeness (QED) is 0.168. The summed E-state index contributed by atoms with van der Waals surface area (Å²) < 4.78 is 47.9. The second-order valence-corrected chi connectivity index (χ2v) is 9.62. The minimum absolute atomic E-state index is 0.216. The number of fused-ring (bicyclic) bond motifs is 1. The SMILES string of the molecule is C#CC(C)(OC(=O)c1ccc(-[s+]2cc(C)c3ccccc32)cc1)c1ccc(OC(F)(F)F)cc1. The maximum absolute atomic E-state index is 12.8. The topological polar surface area (TPSA) is 35.5 Å². The Balaban J connectivity index is 1.54. The molecule has 172 valence electrons. The van der Waals surface area contributed by atoms with Crippen LogP contribution in [0.1, 0.15) is 28.4 Å². The Bertz CT molecular complexity index is 1380. The summed E-state index contributed by atoms with van der Waals surface area (Å²) in [6.45, 7) is 3.59. The summed E-state index contributed by atoms with van der Waals surface area (Å²) in [6, 6.07) is 20.3. The number of thiophene rings is 1. The first-order chi connectivity index (χ1) is 16.1. The molecule has 0 aliphatic carbocycles. The number of alkyl halides is 3. The van der Waals surface area contributed by atoms with E-state index in [2.05, 4.69) is 35.1 Å². The predicted octanol–water partition coefficient (Wildman–Crippen LogP) is 7.49. The van der Waals surface area contributed by atoms with Gasteiger partial charge in [-0.3, -0.25) is 0 Å². The largest absolute Gasteiger partial charge is 0.573 e. The number of rotatable bonds is 5. The molecule has 2 atom stereocenters. The van der Waals surface area contributed by atoms with Crippen LogP contribution in [-0.2, 0) is 10.3 Å². The molecule has 3 nitrogen and oxygen atoms in total. The molecule has 1 aromatic heterocycles. The number of aryl methyl sites for hydroxylation is 1. The van der Waals surface area contributed by atoms with E-state index in [9.17, 15) is 18.0 Å². The van der Waals surface area contributed by atoms with Crippen LogP contribution in [0.4, 0.5) is 13.2 Å². The van der Waals surface area contributed by atoms with Gasteiger partial charge in [-0.15, -0.1) is 19.6 Å². The van der Waals surface area contributed by atoms with Gasteiger partial charge >= 0.3 is 12.3 Å². The van der Waals surface area contributed by atoms with E-state index >= 15 is 0 Å². The van der Waals surface area contributed by atoms with Crippen LogP contribution in [0.3, 0.4) is 0 Å². The first-order valence-electron chi connectivity index (χ1n) is 10.3. The maximum Gasteiger partial charge on any atom is 0.573 e. The van der Waals surface area contributed by atoms with Crippen molar-refractivity contribution in [3.8, 4) is 23.0 Å². The zero-order valence-corrected chi connectivity index (χ0v) is 19.2. The molecule has 7 heteroatoms. The van der Waals surface area contributed by atoms with Gasteiger partial charge in [0, 0.05) is 27.0 Å². The second kappa shape index (κ2) is 8.88. The molecular weight excluding hydrogens is 461 g/mol. The Labute approximate surface area is 197 Å². The van der Waals surface area contributed by atoms with Crippen molar-refractivity contribution < 1.29 is 27.4 Å². The van der Waals surface area contributed by atoms with Crippen LogP contribution in [0, 0.1) is 19.3 Å². The predicted molar refractivity (Wildman–Crippen MR) is 127 cm³/mol. The lowest BCUT2D eigenvalue weighted by molar-refractivity contribution is -0.274. The third kappa shape index (κ3) is 4.78. The molecule has 0 bridgehead atoms. The van der Waals surface area contributed by atoms with Gasteiger partial charge in [0.05, 0.1) is 5.56 Å². The molecule has 0 spiro atoms. The lowest BCUT2D eigenvalue weighted by atomic mass is 9.96. The van der Waals surface area contributed by atoms with Crippen LogP contribution in [-0.4, -0.2) is 12.3 Å². The van der Waals surface area contributed by atoms with Crippen LogP contribution in [0.2, 0.25) is 0 Å². The maximum atomic E-state index is 12.8. The highest BCUT2D eigenvalue weighted by molar-refractivity contribution is 7.43. The summed E-state index contributed by atoms with van der Waals surface area (Å²) in [5.41, 5.74) is 0.412. The number of carbonyl (C=O) groups is 1. The molecule has 4 rings (SSSR count). The molecule has 2 unspecified atom stereocenters. The summed E-state index contributed by atoms with van der Waals surface area (Å²) in [7, 11) is -0.216. The molecule has 0 N–H and O–H groups in total. The summed E-state index contributed by atoms with van der Waals surface area (Å²) >= 11 is 0. The third-order valence-electron chi connectivity index (χ3n) is 5.40. The van der Waals surface area contributed by atoms with E-state index in [1.165, 1.54) is 34.7 Å². The number of esters is 1. The molecule has 0 aliphatic heterocycles. The van der Waals surface area contributed by atoms with Crippen molar-refractivity contribution in [3.63, 3.8) is 0 Å². The van der Waals surface area contributed by atoms with Crippen LogP contribution in [0.25, 0.3) is 15.0 Å². The molecular formula is C27H20F3O3S+. The van der Waals surface area contributed by atoms with E-state index in [1.807, 2.05) is 24.3 Å². The van der Waals surface area contributed by atoms with Crippen molar-refractivity contribution in [1.29, 1.82) is 0 Å². The molecule has 0 fully saturated rings. The van der Waals surface area contributed by atoms with E-state index in [4.69, 9.17) is 11.2 Å². The fourth-order valence-electron chi connectivity index (χ4n) is 3.61. The van der Waals surface area contributed by atoms with Gasteiger partial charge in [-0.05, 0) is 62.4 Å². The molecule has 4 aromatic rings. The van der Waals surface area contributed by atoms with Crippen LogP contribution in [0.5, 0.6) is 5.75 Å². The number of terminal acetylenes is 1. The Morgan fingerprint density at radius 2 is 1.62 bits per heavy atom. The van der Waals surface area contributed by atoms with E-state index in [-0.39, 0.29) is 10.5 Å². The number of hydrogen-bond acceptors (Lipinski definition) is 3. The second-order valence-electron chi connectivity index (χ2n) is 7.80.